The lowest BCUT2D eigenvalue weighted by atomic mass is 9.76. The van der Waals surface area contributed by atoms with E-state index in [2.05, 4.69) is 28.9 Å². The minimum absolute atomic E-state index is 0.146. The molecule has 0 aromatic carbocycles. The summed E-state index contributed by atoms with van der Waals surface area (Å²) in [7, 11) is 0. The van der Waals surface area contributed by atoms with Crippen molar-refractivity contribution in [2.75, 3.05) is 30.3 Å². The summed E-state index contributed by atoms with van der Waals surface area (Å²) in [5.41, 5.74) is 6.22. The van der Waals surface area contributed by atoms with Gasteiger partial charge in [0.15, 0.2) is 11.6 Å². The Kier molecular flexibility index (Phi) is 4.61. The summed E-state index contributed by atoms with van der Waals surface area (Å²) in [4.78, 5) is 23.2. The quantitative estimate of drug-likeness (QED) is 0.823. The van der Waals surface area contributed by atoms with Gasteiger partial charge >= 0.3 is 5.97 Å². The van der Waals surface area contributed by atoms with Gasteiger partial charge in [0.25, 0.3) is 0 Å². The fourth-order valence-electron chi connectivity index (χ4n) is 3.37. The lowest BCUT2D eigenvalue weighted by Gasteiger charge is -2.31. The van der Waals surface area contributed by atoms with Crippen LogP contribution in [0.3, 0.4) is 0 Å². The Hall–Kier alpha value is -2.64. The third kappa shape index (κ3) is 2.92. The van der Waals surface area contributed by atoms with Crippen LogP contribution in [0.15, 0.2) is 24.8 Å². The van der Waals surface area contributed by atoms with Crippen molar-refractivity contribution in [1.82, 2.24) is 19.7 Å². The first kappa shape index (κ1) is 17.2. The predicted octanol–water partition coefficient (Wildman–Crippen LogP) is 1.66. The van der Waals surface area contributed by atoms with Crippen molar-refractivity contribution in [3.63, 3.8) is 0 Å². The van der Waals surface area contributed by atoms with Crippen molar-refractivity contribution in [3.8, 4) is 5.82 Å². The lowest BCUT2D eigenvalue weighted by Crippen LogP contribution is -2.41. The highest BCUT2D eigenvalue weighted by Crippen LogP contribution is 2.42. The number of hydrogen-bond donors (Lipinski definition) is 1. The van der Waals surface area contributed by atoms with E-state index >= 15 is 0 Å². The van der Waals surface area contributed by atoms with Gasteiger partial charge in [0, 0.05) is 25.5 Å². The Balaban J connectivity index is 1.92. The largest absolute Gasteiger partial charge is 0.466 e. The highest BCUT2D eigenvalue weighted by Gasteiger charge is 2.49. The molecule has 2 N–H and O–H groups in total. The van der Waals surface area contributed by atoms with E-state index in [-0.39, 0.29) is 11.9 Å². The summed E-state index contributed by atoms with van der Waals surface area (Å²) >= 11 is 0. The van der Waals surface area contributed by atoms with Gasteiger partial charge in [0.2, 0.25) is 0 Å². The van der Waals surface area contributed by atoms with Crippen LogP contribution in [0.4, 0.5) is 11.5 Å². The second kappa shape index (κ2) is 6.70. The molecule has 0 radical (unpaired) electrons. The molecule has 3 rings (SSSR count). The van der Waals surface area contributed by atoms with Crippen molar-refractivity contribution < 1.29 is 9.53 Å². The van der Waals surface area contributed by atoms with Crippen LogP contribution in [0.5, 0.6) is 0 Å². The van der Waals surface area contributed by atoms with E-state index in [1.165, 1.54) is 6.33 Å². The molecule has 0 bridgehead atoms. The number of nitrogens with zero attached hydrogens (tertiary/aromatic N) is 5. The standard InChI is InChI=1S/C17H24N6O2/c1-4-25-16(24)17(12(2)3)6-9-22(10-17)14-13(18)15(20-11-19-14)23-8-5-7-21-23/h5,7-8,11-12H,4,6,9-10,18H2,1-3H3. The minimum atomic E-state index is -0.542. The normalized spacial score (nSPS) is 20.2. The summed E-state index contributed by atoms with van der Waals surface area (Å²) in [6.07, 6.45) is 5.64. The van der Waals surface area contributed by atoms with Gasteiger partial charge in [-0.15, -0.1) is 0 Å². The second-order valence-corrected chi connectivity index (χ2v) is 6.59. The van der Waals surface area contributed by atoms with Gasteiger partial charge in [-0.3, -0.25) is 4.79 Å². The summed E-state index contributed by atoms with van der Waals surface area (Å²) in [6, 6.07) is 1.81. The minimum Gasteiger partial charge on any atom is -0.466 e. The number of rotatable bonds is 5. The third-order valence-corrected chi connectivity index (χ3v) is 4.95. The van der Waals surface area contributed by atoms with Crippen molar-refractivity contribution in [3.05, 3.63) is 24.8 Å². The van der Waals surface area contributed by atoms with Gasteiger partial charge in [-0.2, -0.15) is 5.10 Å². The molecule has 2 aromatic rings. The molecule has 0 spiro atoms. The number of carbonyl (C=O) groups is 1. The zero-order valence-electron chi connectivity index (χ0n) is 14.8. The highest BCUT2D eigenvalue weighted by molar-refractivity contribution is 5.80. The number of anilines is 2. The van der Waals surface area contributed by atoms with Gasteiger partial charge in [0.05, 0.1) is 12.0 Å². The maximum absolute atomic E-state index is 12.6. The molecule has 0 saturated carbocycles. The van der Waals surface area contributed by atoms with Crippen LogP contribution >= 0.6 is 0 Å². The van der Waals surface area contributed by atoms with Crippen LogP contribution in [-0.4, -0.2) is 45.4 Å². The van der Waals surface area contributed by atoms with E-state index in [1.54, 1.807) is 17.1 Å². The monoisotopic (exact) mass is 344 g/mol. The van der Waals surface area contributed by atoms with Gasteiger partial charge in [0.1, 0.15) is 12.0 Å². The van der Waals surface area contributed by atoms with Crippen molar-refractivity contribution in [2.45, 2.75) is 27.2 Å². The van der Waals surface area contributed by atoms with Gasteiger partial charge in [-0.1, -0.05) is 13.8 Å². The molecule has 134 valence electrons. The molecule has 3 heterocycles. The molecular formula is C17H24N6O2. The number of esters is 1. The fraction of sp³-hybridized carbons (Fsp3) is 0.529. The highest BCUT2D eigenvalue weighted by atomic mass is 16.5. The van der Waals surface area contributed by atoms with Crippen LogP contribution in [0.1, 0.15) is 27.2 Å². The molecule has 1 atom stereocenters. The Morgan fingerprint density at radius 1 is 1.40 bits per heavy atom. The van der Waals surface area contributed by atoms with E-state index in [4.69, 9.17) is 10.5 Å². The van der Waals surface area contributed by atoms with E-state index in [0.29, 0.717) is 43.4 Å². The van der Waals surface area contributed by atoms with Gasteiger partial charge in [-0.05, 0) is 25.3 Å². The molecular weight excluding hydrogens is 320 g/mol. The summed E-state index contributed by atoms with van der Waals surface area (Å²) in [6.45, 7) is 7.54. The predicted molar refractivity (Wildman–Crippen MR) is 94.3 cm³/mol. The van der Waals surface area contributed by atoms with Crippen molar-refractivity contribution in [2.24, 2.45) is 11.3 Å². The van der Waals surface area contributed by atoms with Crippen LogP contribution in [0.25, 0.3) is 5.82 Å². The first-order valence-corrected chi connectivity index (χ1v) is 8.52. The molecule has 1 saturated heterocycles. The Morgan fingerprint density at radius 2 is 2.16 bits per heavy atom. The third-order valence-electron chi connectivity index (χ3n) is 4.95. The second-order valence-electron chi connectivity index (χ2n) is 6.59. The van der Waals surface area contributed by atoms with E-state index < -0.39 is 5.41 Å². The Labute approximate surface area is 147 Å². The van der Waals surface area contributed by atoms with Crippen LogP contribution in [0, 0.1) is 11.3 Å². The summed E-state index contributed by atoms with van der Waals surface area (Å²) in [5.74, 6) is 1.18. The van der Waals surface area contributed by atoms with Crippen molar-refractivity contribution in [1.29, 1.82) is 0 Å². The Morgan fingerprint density at radius 3 is 2.80 bits per heavy atom. The van der Waals surface area contributed by atoms with Gasteiger partial charge < -0.3 is 15.4 Å². The number of nitrogens with two attached hydrogens (primary N) is 1. The number of ether oxygens (including phenoxy) is 1. The van der Waals surface area contributed by atoms with E-state index in [1.807, 2.05) is 17.9 Å². The summed E-state index contributed by atoms with van der Waals surface area (Å²) in [5, 5.41) is 4.18. The first-order chi connectivity index (χ1) is 12.0. The average Bonchev–Trinajstić information content (AvgIpc) is 3.26. The topological polar surface area (TPSA) is 99.2 Å². The molecule has 0 aliphatic carbocycles. The fourth-order valence-corrected chi connectivity index (χ4v) is 3.37. The molecule has 0 amide bonds. The SMILES string of the molecule is CCOC(=O)C1(C(C)C)CCN(c2ncnc(-n3cccn3)c2N)C1. The smallest absolute Gasteiger partial charge is 0.314 e. The zero-order valence-corrected chi connectivity index (χ0v) is 14.8. The number of aromatic nitrogens is 4. The average molecular weight is 344 g/mol. The number of hydrogen-bond acceptors (Lipinski definition) is 7. The van der Waals surface area contributed by atoms with Crippen LogP contribution < -0.4 is 10.6 Å². The molecule has 25 heavy (non-hydrogen) atoms. The van der Waals surface area contributed by atoms with Crippen LogP contribution in [0.2, 0.25) is 0 Å². The summed E-state index contributed by atoms with van der Waals surface area (Å²) < 4.78 is 6.95. The lowest BCUT2D eigenvalue weighted by molar-refractivity contribution is -0.156. The molecule has 8 heteroatoms. The first-order valence-electron chi connectivity index (χ1n) is 8.52. The molecule has 1 aliphatic rings. The van der Waals surface area contributed by atoms with E-state index in [0.717, 1.165) is 0 Å². The van der Waals surface area contributed by atoms with Crippen LogP contribution in [-0.2, 0) is 9.53 Å². The maximum atomic E-state index is 12.6. The molecule has 1 unspecified atom stereocenters. The molecule has 2 aromatic heterocycles. The number of carbonyl (C=O) groups excluding carboxylic acids is 1. The van der Waals surface area contributed by atoms with Crippen molar-refractivity contribution >= 4 is 17.5 Å². The molecule has 1 fully saturated rings. The molecule has 1 aliphatic heterocycles. The Bertz CT molecular complexity index is 746. The molecule has 8 nitrogen and oxygen atoms in total. The van der Waals surface area contributed by atoms with Gasteiger partial charge in [-0.25, -0.2) is 14.6 Å². The number of nitrogen functional groups attached to an aromatic ring is 1. The maximum Gasteiger partial charge on any atom is 0.314 e. The zero-order chi connectivity index (χ0) is 18.0. The van der Waals surface area contributed by atoms with E-state index in [9.17, 15) is 4.79 Å².